The highest BCUT2D eigenvalue weighted by atomic mass is 15.3. The van der Waals surface area contributed by atoms with Crippen molar-refractivity contribution in [2.24, 2.45) is 0 Å². The molecule has 2 saturated carbocycles. The Morgan fingerprint density at radius 2 is 2.07 bits per heavy atom. The van der Waals surface area contributed by atoms with E-state index in [1.807, 2.05) is 6.20 Å². The molecule has 3 rings (SSSR count). The van der Waals surface area contributed by atoms with Crippen LogP contribution in [0.1, 0.15) is 50.1 Å². The molecule has 3 heteroatoms. The topological polar surface area (TPSA) is 29.9 Å². The van der Waals surface area contributed by atoms with Gasteiger partial charge in [-0.1, -0.05) is 6.42 Å². The van der Waals surface area contributed by atoms with E-state index in [0.29, 0.717) is 6.04 Å². The molecule has 2 fully saturated rings. The fourth-order valence-electron chi connectivity index (χ4n) is 2.19. The Hall–Kier alpha value is -0.830. The SMILES string of the molecule is c1nn(C2CCC2)cc1CNC1CCC1. The van der Waals surface area contributed by atoms with E-state index in [2.05, 4.69) is 21.3 Å². The van der Waals surface area contributed by atoms with Crippen molar-refractivity contribution < 1.29 is 0 Å². The molecule has 82 valence electrons. The maximum atomic E-state index is 4.44. The Labute approximate surface area is 90.9 Å². The molecule has 2 aliphatic carbocycles. The van der Waals surface area contributed by atoms with Gasteiger partial charge in [-0.2, -0.15) is 5.10 Å². The van der Waals surface area contributed by atoms with Crippen molar-refractivity contribution in [1.29, 1.82) is 0 Å². The second-order valence-electron chi connectivity index (χ2n) is 4.92. The quantitative estimate of drug-likeness (QED) is 0.817. The molecular formula is C12H19N3. The lowest BCUT2D eigenvalue weighted by molar-refractivity contribution is 0.289. The second-order valence-corrected chi connectivity index (χ2v) is 4.92. The van der Waals surface area contributed by atoms with Gasteiger partial charge in [0.2, 0.25) is 0 Å². The zero-order chi connectivity index (χ0) is 10.1. The largest absolute Gasteiger partial charge is 0.310 e. The molecular weight excluding hydrogens is 186 g/mol. The Kier molecular flexibility index (Phi) is 2.49. The van der Waals surface area contributed by atoms with Crippen LogP contribution in [0.4, 0.5) is 0 Å². The van der Waals surface area contributed by atoms with Crippen molar-refractivity contribution in [3.63, 3.8) is 0 Å². The molecule has 0 atom stereocenters. The van der Waals surface area contributed by atoms with Gasteiger partial charge in [-0.3, -0.25) is 4.68 Å². The molecule has 1 aromatic rings. The summed E-state index contributed by atoms with van der Waals surface area (Å²) in [5, 5.41) is 8.01. The third kappa shape index (κ3) is 1.93. The van der Waals surface area contributed by atoms with E-state index in [4.69, 9.17) is 0 Å². The van der Waals surface area contributed by atoms with Gasteiger partial charge < -0.3 is 5.32 Å². The zero-order valence-corrected chi connectivity index (χ0v) is 9.15. The van der Waals surface area contributed by atoms with Gasteiger partial charge in [0.25, 0.3) is 0 Å². The van der Waals surface area contributed by atoms with Crippen LogP contribution in [0, 0.1) is 0 Å². The predicted octanol–water partition coefficient (Wildman–Crippen LogP) is 2.25. The van der Waals surface area contributed by atoms with Crippen LogP contribution in [-0.4, -0.2) is 15.8 Å². The maximum Gasteiger partial charge on any atom is 0.0534 e. The van der Waals surface area contributed by atoms with E-state index in [0.717, 1.165) is 12.6 Å². The first-order chi connectivity index (χ1) is 7.42. The summed E-state index contributed by atoms with van der Waals surface area (Å²) in [6.07, 6.45) is 12.4. The third-order valence-electron chi connectivity index (χ3n) is 3.80. The molecule has 0 spiro atoms. The minimum absolute atomic E-state index is 0.697. The number of nitrogens with zero attached hydrogens (tertiary/aromatic N) is 2. The molecule has 1 aromatic heterocycles. The minimum atomic E-state index is 0.697. The van der Waals surface area contributed by atoms with Gasteiger partial charge in [0, 0.05) is 24.3 Å². The van der Waals surface area contributed by atoms with Gasteiger partial charge in [0.1, 0.15) is 0 Å². The lowest BCUT2D eigenvalue weighted by Crippen LogP contribution is -2.34. The molecule has 2 aliphatic rings. The lowest BCUT2D eigenvalue weighted by atomic mass is 9.93. The molecule has 0 aromatic carbocycles. The number of hydrogen-bond acceptors (Lipinski definition) is 2. The number of rotatable bonds is 4. The molecule has 0 bridgehead atoms. The minimum Gasteiger partial charge on any atom is -0.310 e. The Morgan fingerprint density at radius 1 is 1.27 bits per heavy atom. The fraction of sp³-hybridized carbons (Fsp3) is 0.750. The Balaban J connectivity index is 1.53. The smallest absolute Gasteiger partial charge is 0.0534 e. The summed E-state index contributed by atoms with van der Waals surface area (Å²) in [7, 11) is 0. The van der Waals surface area contributed by atoms with Crippen LogP contribution >= 0.6 is 0 Å². The lowest BCUT2D eigenvalue weighted by Gasteiger charge is -2.26. The van der Waals surface area contributed by atoms with Gasteiger partial charge in [0.15, 0.2) is 0 Å². The monoisotopic (exact) mass is 205 g/mol. The highest BCUT2D eigenvalue weighted by molar-refractivity contribution is 5.05. The first-order valence-electron chi connectivity index (χ1n) is 6.18. The number of hydrogen-bond donors (Lipinski definition) is 1. The van der Waals surface area contributed by atoms with Gasteiger partial charge in [-0.05, 0) is 32.1 Å². The van der Waals surface area contributed by atoms with E-state index >= 15 is 0 Å². The van der Waals surface area contributed by atoms with E-state index in [1.54, 1.807) is 0 Å². The van der Waals surface area contributed by atoms with E-state index in [9.17, 15) is 0 Å². The first-order valence-corrected chi connectivity index (χ1v) is 6.18. The Bertz CT molecular complexity index is 323. The summed E-state index contributed by atoms with van der Waals surface area (Å²) < 4.78 is 2.15. The standard InChI is InChI=1S/C12H19N3/c1-3-11(4-1)13-7-10-8-14-15(9-10)12-5-2-6-12/h8-9,11-13H,1-7H2. The molecule has 0 radical (unpaired) electrons. The van der Waals surface area contributed by atoms with E-state index in [-0.39, 0.29) is 0 Å². The summed E-state index contributed by atoms with van der Waals surface area (Å²) in [5.41, 5.74) is 1.34. The third-order valence-corrected chi connectivity index (χ3v) is 3.80. The van der Waals surface area contributed by atoms with Crippen LogP contribution in [0.3, 0.4) is 0 Å². The van der Waals surface area contributed by atoms with Crippen molar-refractivity contribution in [3.8, 4) is 0 Å². The highest BCUT2D eigenvalue weighted by Gasteiger charge is 2.20. The molecule has 1 heterocycles. The summed E-state index contributed by atoms with van der Waals surface area (Å²) in [6, 6.07) is 1.47. The van der Waals surface area contributed by atoms with Crippen molar-refractivity contribution in [2.45, 2.75) is 57.2 Å². The van der Waals surface area contributed by atoms with Crippen molar-refractivity contribution in [3.05, 3.63) is 18.0 Å². The number of aromatic nitrogens is 2. The van der Waals surface area contributed by atoms with Gasteiger partial charge in [-0.15, -0.1) is 0 Å². The van der Waals surface area contributed by atoms with Crippen LogP contribution in [0.25, 0.3) is 0 Å². The average molecular weight is 205 g/mol. The van der Waals surface area contributed by atoms with Crippen LogP contribution in [0.15, 0.2) is 12.4 Å². The van der Waals surface area contributed by atoms with Gasteiger partial charge in [0.05, 0.1) is 12.2 Å². The van der Waals surface area contributed by atoms with Crippen LogP contribution < -0.4 is 5.32 Å². The predicted molar refractivity (Wildman–Crippen MR) is 59.6 cm³/mol. The van der Waals surface area contributed by atoms with Gasteiger partial charge >= 0.3 is 0 Å². The summed E-state index contributed by atoms with van der Waals surface area (Å²) >= 11 is 0. The molecule has 15 heavy (non-hydrogen) atoms. The van der Waals surface area contributed by atoms with Gasteiger partial charge in [-0.25, -0.2) is 0 Å². The summed E-state index contributed by atoms with van der Waals surface area (Å²) in [4.78, 5) is 0. The van der Waals surface area contributed by atoms with E-state index in [1.165, 1.54) is 44.1 Å². The van der Waals surface area contributed by atoms with Crippen LogP contribution in [0.2, 0.25) is 0 Å². The maximum absolute atomic E-state index is 4.44. The number of nitrogens with one attached hydrogen (secondary N) is 1. The van der Waals surface area contributed by atoms with Crippen molar-refractivity contribution in [2.75, 3.05) is 0 Å². The summed E-state index contributed by atoms with van der Waals surface area (Å²) in [5.74, 6) is 0. The Morgan fingerprint density at radius 3 is 2.67 bits per heavy atom. The van der Waals surface area contributed by atoms with E-state index < -0.39 is 0 Å². The molecule has 1 N–H and O–H groups in total. The van der Waals surface area contributed by atoms with Crippen molar-refractivity contribution in [1.82, 2.24) is 15.1 Å². The zero-order valence-electron chi connectivity index (χ0n) is 9.15. The van der Waals surface area contributed by atoms with Crippen molar-refractivity contribution >= 4 is 0 Å². The molecule has 0 aliphatic heterocycles. The highest BCUT2D eigenvalue weighted by Crippen LogP contribution is 2.30. The molecule has 0 amide bonds. The normalized spacial score (nSPS) is 22.4. The molecule has 3 nitrogen and oxygen atoms in total. The van der Waals surface area contributed by atoms with Crippen LogP contribution in [0.5, 0.6) is 0 Å². The summed E-state index contributed by atoms with van der Waals surface area (Å²) in [6.45, 7) is 0.997. The first kappa shape index (κ1) is 9.40. The molecule has 0 saturated heterocycles. The second kappa shape index (κ2) is 3.97. The molecule has 0 unspecified atom stereocenters. The average Bonchev–Trinajstić information content (AvgIpc) is 2.47. The van der Waals surface area contributed by atoms with Crippen LogP contribution in [-0.2, 0) is 6.54 Å². The fourth-order valence-corrected chi connectivity index (χ4v) is 2.19.